The van der Waals surface area contributed by atoms with E-state index in [-0.39, 0.29) is 5.75 Å². The zero-order valence-electron chi connectivity index (χ0n) is 11.8. The van der Waals surface area contributed by atoms with Gasteiger partial charge in [-0.25, -0.2) is 0 Å². The normalized spacial score (nSPS) is 14.3. The van der Waals surface area contributed by atoms with Crippen molar-refractivity contribution in [1.82, 2.24) is 0 Å². The zero-order chi connectivity index (χ0) is 19.9. The highest BCUT2D eigenvalue weighted by Gasteiger charge is 2.85. The molecule has 0 heterocycles. The van der Waals surface area contributed by atoms with Crippen molar-refractivity contribution in [3.63, 3.8) is 0 Å². The highest BCUT2D eigenvalue weighted by molar-refractivity contribution is 7.93. The third kappa shape index (κ3) is 3.43. The van der Waals surface area contributed by atoms with Crippen LogP contribution in [0.4, 0.5) is 45.2 Å². The van der Waals surface area contributed by atoms with Crippen LogP contribution in [0, 0.1) is 0 Å². The molecule has 0 atom stereocenters. The molecule has 0 saturated carbocycles. The molecule has 0 bridgehead atoms. The lowest BCUT2D eigenvalue weighted by Gasteiger charge is -2.33. The maximum atomic E-state index is 13.4. The Hall–Kier alpha value is -1.86. The molecule has 14 heteroatoms. The van der Waals surface area contributed by atoms with Gasteiger partial charge >= 0.3 is 33.3 Å². The molecule has 1 aromatic carbocycles. The number of hydrogen-bond acceptors (Lipinski definition) is 3. The van der Waals surface area contributed by atoms with Gasteiger partial charge in [0.2, 0.25) is 0 Å². The van der Waals surface area contributed by atoms with Crippen LogP contribution in [0.1, 0.15) is 0 Å². The van der Waals surface area contributed by atoms with Crippen LogP contribution in [0.5, 0.6) is 5.75 Å². The van der Waals surface area contributed by atoms with Crippen LogP contribution < -0.4 is 9.46 Å². The van der Waals surface area contributed by atoms with Crippen LogP contribution in [0.25, 0.3) is 0 Å². The van der Waals surface area contributed by atoms with E-state index in [1.165, 1.54) is 7.11 Å². The predicted octanol–water partition coefficient (Wildman–Crippen LogP) is 3.86. The quantitative estimate of drug-likeness (QED) is 0.732. The highest BCUT2D eigenvalue weighted by atomic mass is 32.2. The number of benzene rings is 1. The lowest BCUT2D eigenvalue weighted by Crippen LogP contribution is -2.64. The topological polar surface area (TPSA) is 55.4 Å². The molecule has 1 aromatic rings. The van der Waals surface area contributed by atoms with Gasteiger partial charge in [-0.1, -0.05) is 0 Å². The third-order valence-electron chi connectivity index (χ3n) is 2.80. The number of methoxy groups -OCH3 is 1. The Labute approximate surface area is 134 Å². The second kappa shape index (κ2) is 6.14. The van der Waals surface area contributed by atoms with Crippen LogP contribution in [-0.4, -0.2) is 38.8 Å². The minimum atomic E-state index is -7.31. The van der Waals surface area contributed by atoms with E-state index >= 15 is 0 Å². The predicted molar refractivity (Wildman–Crippen MR) is 66.4 cm³/mol. The van der Waals surface area contributed by atoms with Crippen LogP contribution in [0.15, 0.2) is 24.3 Å². The van der Waals surface area contributed by atoms with E-state index in [1.807, 2.05) is 0 Å². The minimum absolute atomic E-state index is 0.0867. The smallest absolute Gasteiger partial charge is 0.460 e. The molecule has 4 nitrogen and oxygen atoms in total. The summed E-state index contributed by atoms with van der Waals surface area (Å²) in [4.78, 5) is 0. The van der Waals surface area contributed by atoms with Crippen LogP contribution >= 0.6 is 0 Å². The SMILES string of the molecule is COc1ccc(NS(=O)(=O)C(F)(F)C(F)(F)C(F)(F)C(F)(F)F)cc1. The van der Waals surface area contributed by atoms with Crippen molar-refractivity contribution in [3.8, 4) is 5.75 Å². The maximum Gasteiger partial charge on any atom is 0.460 e. The fourth-order valence-electron chi connectivity index (χ4n) is 1.41. The molecule has 0 spiro atoms. The summed E-state index contributed by atoms with van der Waals surface area (Å²) in [5.41, 5.74) is -0.799. The second-order valence-electron chi connectivity index (χ2n) is 4.50. The van der Waals surface area contributed by atoms with Gasteiger partial charge in [-0.15, -0.1) is 0 Å². The Bertz CT molecular complexity index is 713. The molecule has 1 rings (SSSR count). The minimum Gasteiger partial charge on any atom is -0.497 e. The number of nitrogens with one attached hydrogen (secondary N) is 1. The van der Waals surface area contributed by atoms with Gasteiger partial charge in [0.15, 0.2) is 0 Å². The number of hydrogen-bond donors (Lipinski definition) is 1. The van der Waals surface area contributed by atoms with Crippen molar-refractivity contribution in [3.05, 3.63) is 24.3 Å². The first kappa shape index (κ1) is 21.2. The van der Waals surface area contributed by atoms with Crippen molar-refractivity contribution in [2.75, 3.05) is 11.8 Å². The highest BCUT2D eigenvalue weighted by Crippen LogP contribution is 2.54. The third-order valence-corrected chi connectivity index (χ3v) is 4.23. The molecule has 0 aliphatic rings. The van der Waals surface area contributed by atoms with E-state index in [4.69, 9.17) is 0 Å². The molecule has 0 aromatic heterocycles. The second-order valence-corrected chi connectivity index (χ2v) is 6.22. The van der Waals surface area contributed by atoms with E-state index in [0.29, 0.717) is 0 Å². The first-order valence-electron chi connectivity index (χ1n) is 5.88. The lowest BCUT2D eigenvalue weighted by molar-refractivity contribution is -0.382. The molecule has 0 unspecified atom stereocenters. The first-order chi connectivity index (χ1) is 11.0. The molecular weight excluding hydrogens is 397 g/mol. The van der Waals surface area contributed by atoms with E-state index in [2.05, 4.69) is 4.74 Å². The Morgan fingerprint density at radius 1 is 0.840 bits per heavy atom. The number of ether oxygens (including phenoxy) is 1. The van der Waals surface area contributed by atoms with Gasteiger partial charge in [0.05, 0.1) is 7.11 Å². The largest absolute Gasteiger partial charge is 0.497 e. The summed E-state index contributed by atoms with van der Waals surface area (Å²) in [5.74, 6) is -14.5. The van der Waals surface area contributed by atoms with Gasteiger partial charge in [0.25, 0.3) is 0 Å². The summed E-state index contributed by atoms with van der Waals surface area (Å²) in [5, 5.41) is -6.79. The number of sulfonamides is 1. The summed E-state index contributed by atoms with van der Waals surface area (Å²) >= 11 is 0. The van der Waals surface area contributed by atoms with E-state index < -0.39 is 39.0 Å². The monoisotopic (exact) mass is 405 g/mol. The Kier molecular flexibility index (Phi) is 5.20. The number of halogens is 9. The molecule has 0 aliphatic heterocycles. The molecule has 144 valence electrons. The molecule has 0 fully saturated rings. The molecule has 1 N–H and O–H groups in total. The molecule has 25 heavy (non-hydrogen) atoms. The zero-order valence-corrected chi connectivity index (χ0v) is 12.7. The fourth-order valence-corrected chi connectivity index (χ4v) is 2.45. The Balaban J connectivity index is 3.29. The van der Waals surface area contributed by atoms with Crippen molar-refractivity contribution in [2.45, 2.75) is 23.3 Å². The van der Waals surface area contributed by atoms with E-state index in [9.17, 15) is 47.9 Å². The van der Waals surface area contributed by atoms with Gasteiger partial charge in [-0.05, 0) is 24.3 Å². The molecule has 0 aliphatic carbocycles. The summed E-state index contributed by atoms with van der Waals surface area (Å²) in [6.45, 7) is 0. The van der Waals surface area contributed by atoms with Crippen LogP contribution in [0.3, 0.4) is 0 Å². The number of alkyl halides is 9. The van der Waals surface area contributed by atoms with Crippen LogP contribution in [0.2, 0.25) is 0 Å². The van der Waals surface area contributed by atoms with Crippen molar-refractivity contribution in [1.29, 1.82) is 0 Å². The molecular formula is C11H8F9NO3S. The molecule has 0 amide bonds. The summed E-state index contributed by atoms with van der Waals surface area (Å²) in [6, 6.07) is 3.43. The molecule has 0 saturated heterocycles. The fraction of sp³-hybridized carbons (Fsp3) is 0.455. The summed E-state index contributed by atoms with van der Waals surface area (Å²) in [7, 11) is -5.51. The lowest BCUT2D eigenvalue weighted by atomic mass is 10.1. The van der Waals surface area contributed by atoms with Gasteiger partial charge in [-0.2, -0.15) is 47.9 Å². The number of rotatable bonds is 6. The standard InChI is InChI=1S/C11H8F9NO3S/c1-24-7-4-2-6(3-5-7)21-25(22,23)11(19,20)9(14,15)8(12,13)10(16,17)18/h2-5,21H,1H3. The van der Waals surface area contributed by atoms with E-state index in [0.717, 1.165) is 29.0 Å². The average molecular weight is 405 g/mol. The van der Waals surface area contributed by atoms with Crippen molar-refractivity contribution < 1.29 is 52.7 Å². The van der Waals surface area contributed by atoms with Crippen LogP contribution in [-0.2, 0) is 10.0 Å². The van der Waals surface area contributed by atoms with Gasteiger partial charge < -0.3 is 4.74 Å². The Morgan fingerprint density at radius 3 is 1.64 bits per heavy atom. The number of anilines is 1. The van der Waals surface area contributed by atoms with Crippen molar-refractivity contribution >= 4 is 15.7 Å². The Morgan fingerprint density at radius 2 is 1.28 bits per heavy atom. The van der Waals surface area contributed by atoms with Crippen molar-refractivity contribution in [2.24, 2.45) is 0 Å². The van der Waals surface area contributed by atoms with Gasteiger partial charge in [-0.3, -0.25) is 4.72 Å². The first-order valence-corrected chi connectivity index (χ1v) is 7.36. The maximum absolute atomic E-state index is 13.4. The van der Waals surface area contributed by atoms with Gasteiger partial charge in [0.1, 0.15) is 5.75 Å². The average Bonchev–Trinajstić information content (AvgIpc) is 2.45. The molecule has 0 radical (unpaired) electrons. The summed E-state index contributed by atoms with van der Waals surface area (Å²) < 4.78 is 143. The van der Waals surface area contributed by atoms with Gasteiger partial charge in [0, 0.05) is 5.69 Å². The summed E-state index contributed by atoms with van der Waals surface area (Å²) in [6.07, 6.45) is -7.12. The van der Waals surface area contributed by atoms with E-state index in [1.54, 1.807) is 0 Å².